The first-order valence-corrected chi connectivity index (χ1v) is 4.11. The minimum absolute atomic E-state index is 0. The Morgan fingerprint density at radius 1 is 0.929 bits per heavy atom. The molecule has 8 nitrogen and oxygen atoms in total. The van der Waals surface area contributed by atoms with Gasteiger partial charge in [0.15, 0.2) is 0 Å². The van der Waals surface area contributed by atoms with Crippen LogP contribution in [0.3, 0.4) is 0 Å². The van der Waals surface area contributed by atoms with Gasteiger partial charge < -0.3 is 24.9 Å². The quantitative estimate of drug-likeness (QED) is 0.213. The Morgan fingerprint density at radius 3 is 1.14 bits per heavy atom. The fraction of sp³-hybridized carbons (Fsp3) is 0. The number of carboxylic acid groups (broad SMARTS) is 2. The van der Waals surface area contributed by atoms with Gasteiger partial charge in [0.2, 0.25) is 0 Å². The van der Waals surface area contributed by atoms with E-state index in [4.69, 9.17) is 29.5 Å². The van der Waals surface area contributed by atoms with Crippen molar-refractivity contribution in [3.63, 3.8) is 0 Å². The number of aliphatic carboxylic acids is 2. The van der Waals surface area contributed by atoms with Gasteiger partial charge in [-0.2, -0.15) is 0 Å². The van der Waals surface area contributed by atoms with Gasteiger partial charge in [0, 0.05) is 12.2 Å². The van der Waals surface area contributed by atoms with Crippen LogP contribution >= 0.6 is 7.82 Å². The zero-order valence-corrected chi connectivity index (χ0v) is 6.96. The van der Waals surface area contributed by atoms with Crippen molar-refractivity contribution in [2.45, 2.75) is 0 Å². The molecule has 80 valence electrons. The van der Waals surface area contributed by atoms with Crippen LogP contribution in [0.1, 0.15) is 0 Å². The zero-order valence-electron chi connectivity index (χ0n) is 6.06. The Kier molecular flexibility index (Phi) is 13.4. The topological polar surface area (TPSA) is 152 Å². The Bertz CT molecular complexity index is 230. The summed E-state index contributed by atoms with van der Waals surface area (Å²) in [7, 11) is -4.64. The molecule has 0 saturated carbocycles. The van der Waals surface area contributed by atoms with Crippen LogP contribution in [0.4, 0.5) is 0 Å². The Morgan fingerprint density at radius 2 is 1.07 bits per heavy atom. The molecule has 0 aliphatic heterocycles. The molecule has 0 heterocycles. The molecular formula is C4H9CaO8P. The van der Waals surface area contributed by atoms with Crippen molar-refractivity contribution >= 4 is 57.5 Å². The molecule has 0 amide bonds. The fourth-order valence-electron chi connectivity index (χ4n) is 0.143. The van der Waals surface area contributed by atoms with E-state index in [-0.39, 0.29) is 37.7 Å². The van der Waals surface area contributed by atoms with Gasteiger partial charge in [-0.25, -0.2) is 14.2 Å². The van der Waals surface area contributed by atoms with E-state index in [2.05, 4.69) is 0 Å². The first-order chi connectivity index (χ1) is 5.63. The minimum atomic E-state index is -4.64. The number of hydrogen-bond donors (Lipinski definition) is 5. The van der Waals surface area contributed by atoms with Gasteiger partial charge in [-0.3, -0.25) is 0 Å². The number of carboxylic acids is 2. The van der Waals surface area contributed by atoms with E-state index in [1.807, 2.05) is 0 Å². The average Bonchev–Trinajstić information content (AvgIpc) is 1.79. The molecule has 5 N–H and O–H groups in total. The summed E-state index contributed by atoms with van der Waals surface area (Å²) >= 11 is 0. The van der Waals surface area contributed by atoms with E-state index in [1.165, 1.54) is 0 Å². The van der Waals surface area contributed by atoms with Crippen molar-refractivity contribution in [2.75, 3.05) is 0 Å². The molecule has 0 aliphatic carbocycles. The van der Waals surface area contributed by atoms with Crippen LogP contribution in [0.5, 0.6) is 0 Å². The van der Waals surface area contributed by atoms with Gasteiger partial charge >= 0.3 is 57.5 Å². The summed E-state index contributed by atoms with van der Waals surface area (Å²) in [5.41, 5.74) is 0. The molecule has 0 atom stereocenters. The van der Waals surface area contributed by atoms with Crippen molar-refractivity contribution in [1.82, 2.24) is 0 Å². The first-order valence-electron chi connectivity index (χ1n) is 2.55. The van der Waals surface area contributed by atoms with Crippen LogP contribution in [0.2, 0.25) is 0 Å². The van der Waals surface area contributed by atoms with E-state index in [0.29, 0.717) is 12.2 Å². The van der Waals surface area contributed by atoms with Gasteiger partial charge in [0.1, 0.15) is 0 Å². The number of rotatable bonds is 2. The van der Waals surface area contributed by atoms with Gasteiger partial charge in [-0.1, -0.05) is 0 Å². The van der Waals surface area contributed by atoms with Gasteiger partial charge in [0.05, 0.1) is 0 Å². The molecule has 10 heteroatoms. The molecule has 0 aromatic heterocycles. The maximum atomic E-state index is 9.55. The van der Waals surface area contributed by atoms with Crippen molar-refractivity contribution in [2.24, 2.45) is 0 Å². The molecule has 0 aromatic carbocycles. The monoisotopic (exact) mass is 256 g/mol. The SMILES string of the molecule is O=C(O)/C=C\C(=O)O.O=P(O)(O)O.[CaH2]. The number of phosphoric acid groups is 1. The summed E-state index contributed by atoms with van der Waals surface area (Å²) in [4.78, 5) is 40.7. The van der Waals surface area contributed by atoms with E-state index >= 15 is 0 Å². The van der Waals surface area contributed by atoms with Crippen molar-refractivity contribution < 1.29 is 39.0 Å². The molecule has 0 radical (unpaired) electrons. The molecular weight excluding hydrogens is 247 g/mol. The van der Waals surface area contributed by atoms with E-state index in [9.17, 15) is 9.59 Å². The Hall–Kier alpha value is 0.0497. The molecule has 0 rings (SSSR count). The third kappa shape index (κ3) is 57.7. The van der Waals surface area contributed by atoms with Crippen LogP contribution in [-0.4, -0.2) is 74.6 Å². The summed E-state index contributed by atoms with van der Waals surface area (Å²) in [5.74, 6) is -2.51. The van der Waals surface area contributed by atoms with Crippen molar-refractivity contribution in [3.8, 4) is 0 Å². The number of hydrogen-bond acceptors (Lipinski definition) is 3. The first kappa shape index (κ1) is 19.6. The second-order valence-electron chi connectivity index (χ2n) is 1.52. The number of carbonyl (C=O) groups is 2. The van der Waals surface area contributed by atoms with Crippen LogP contribution in [0.15, 0.2) is 12.2 Å². The van der Waals surface area contributed by atoms with E-state index < -0.39 is 19.8 Å². The summed E-state index contributed by atoms with van der Waals surface area (Å²) in [6.45, 7) is 0. The van der Waals surface area contributed by atoms with Gasteiger partial charge in [0.25, 0.3) is 0 Å². The second kappa shape index (κ2) is 9.60. The van der Waals surface area contributed by atoms with Crippen molar-refractivity contribution in [3.05, 3.63) is 12.2 Å². The Balaban J connectivity index is -0.000000177. The standard InChI is InChI=1S/C4H4O4.Ca.H3O4P.2H/c5-3(6)1-2-4(7)8;;1-5(2,3)4;;/h1-2H,(H,5,6)(H,7,8);;(H3,1,2,3,4);;/b2-1-;;;;. The maximum absolute atomic E-state index is 9.55. The van der Waals surface area contributed by atoms with Gasteiger partial charge in [-0.05, 0) is 0 Å². The van der Waals surface area contributed by atoms with Crippen LogP contribution in [-0.2, 0) is 14.2 Å². The third-order valence-electron chi connectivity index (χ3n) is 0.368. The van der Waals surface area contributed by atoms with E-state index in [1.54, 1.807) is 0 Å². The summed E-state index contributed by atoms with van der Waals surface area (Å²) in [6.07, 6.45) is 1.12. The molecule has 0 aliphatic rings. The van der Waals surface area contributed by atoms with Crippen LogP contribution < -0.4 is 0 Å². The van der Waals surface area contributed by atoms with E-state index in [0.717, 1.165) is 0 Å². The molecule has 0 bridgehead atoms. The predicted molar refractivity (Wildman–Crippen MR) is 47.2 cm³/mol. The second-order valence-corrected chi connectivity index (χ2v) is 2.55. The van der Waals surface area contributed by atoms with Crippen LogP contribution in [0.25, 0.3) is 0 Å². The molecule has 0 spiro atoms. The predicted octanol–water partition coefficient (Wildman–Crippen LogP) is -2.13. The normalized spacial score (nSPS) is 9.64. The Labute approximate surface area is 108 Å². The summed E-state index contributed by atoms with van der Waals surface area (Å²) in [6, 6.07) is 0. The molecule has 14 heavy (non-hydrogen) atoms. The molecule has 0 fully saturated rings. The van der Waals surface area contributed by atoms with Gasteiger partial charge in [-0.15, -0.1) is 0 Å². The average molecular weight is 256 g/mol. The van der Waals surface area contributed by atoms with Crippen molar-refractivity contribution in [1.29, 1.82) is 0 Å². The third-order valence-corrected chi connectivity index (χ3v) is 0.368. The molecule has 0 unspecified atom stereocenters. The fourth-order valence-corrected chi connectivity index (χ4v) is 0.143. The molecule has 0 aromatic rings. The van der Waals surface area contributed by atoms with Crippen LogP contribution in [0, 0.1) is 0 Å². The summed E-state index contributed by atoms with van der Waals surface area (Å²) in [5, 5.41) is 15.6. The summed E-state index contributed by atoms with van der Waals surface area (Å²) < 4.78 is 8.88. The zero-order chi connectivity index (χ0) is 11.1. The molecule has 0 saturated heterocycles.